The fourth-order valence-electron chi connectivity index (χ4n) is 18.3. The molecule has 0 fully saturated rings. The Kier molecular flexibility index (Phi) is 13.6. The average molecular weight is 1380 g/mol. The van der Waals surface area contributed by atoms with Crippen molar-refractivity contribution in [1.29, 1.82) is 0 Å². The van der Waals surface area contributed by atoms with Crippen molar-refractivity contribution >= 4 is 121 Å². The van der Waals surface area contributed by atoms with E-state index in [4.69, 9.17) is 13.3 Å². The third kappa shape index (κ3) is 9.49. The second kappa shape index (κ2) is 23.3. The number of benzene rings is 16. The van der Waals surface area contributed by atoms with Crippen LogP contribution in [0.5, 0.6) is 0 Å². The summed E-state index contributed by atoms with van der Waals surface area (Å²) in [6.45, 7) is 13.6. The van der Waals surface area contributed by atoms with Crippen LogP contribution in [0.3, 0.4) is 0 Å². The summed E-state index contributed by atoms with van der Waals surface area (Å²) >= 11 is 0. The number of hydrogen-bond acceptors (Lipinski definition) is 5. The van der Waals surface area contributed by atoms with Crippen LogP contribution in [0.2, 0.25) is 0 Å². The SMILES string of the molecule is CC(C)(C)c1ccc(N(c2ccc3c(c2)C(c2ccccc2)(c2ccccc2)c2cc4ccccc4cc2-3)c2ccc3c(c2)oc2cc4c(cc23)oc2cc3c(cc24)oc2cc(N(c4ccc(C(C)(C)C)cc4)c4ccc5c(c4)C(c4ccccc4)(c4ccccc4)c4cc6ccccc6cc4-5)ccc23)cc1. The minimum atomic E-state index is -0.613. The maximum absolute atomic E-state index is 7.09. The summed E-state index contributed by atoms with van der Waals surface area (Å²) in [4.78, 5) is 4.80. The third-order valence-corrected chi connectivity index (χ3v) is 23.4. The zero-order valence-corrected chi connectivity index (χ0v) is 60.5. The molecule has 0 radical (unpaired) electrons. The topological polar surface area (TPSA) is 45.9 Å². The molecule has 0 spiro atoms. The quantitative estimate of drug-likeness (QED) is 0.137. The first-order valence-electron chi connectivity index (χ1n) is 37.3. The highest BCUT2D eigenvalue weighted by atomic mass is 16.3. The molecule has 3 heterocycles. The predicted molar refractivity (Wildman–Crippen MR) is 445 cm³/mol. The molecule has 0 N–H and O–H groups in total. The highest BCUT2D eigenvalue weighted by Gasteiger charge is 2.49. The lowest BCUT2D eigenvalue weighted by atomic mass is 9.67. The molecule has 5 nitrogen and oxygen atoms in total. The van der Waals surface area contributed by atoms with Gasteiger partial charge in [0, 0.05) is 78.6 Å². The first-order chi connectivity index (χ1) is 52.2. The van der Waals surface area contributed by atoms with Crippen LogP contribution in [0.4, 0.5) is 34.1 Å². The van der Waals surface area contributed by atoms with Crippen molar-refractivity contribution < 1.29 is 13.3 Å². The second-order valence-electron chi connectivity index (χ2n) is 31.5. The molecule has 21 rings (SSSR count). The Morgan fingerprint density at radius 2 is 0.477 bits per heavy atom. The molecule has 2 aliphatic rings. The van der Waals surface area contributed by atoms with Crippen molar-refractivity contribution in [3.05, 3.63) is 395 Å². The molecule has 107 heavy (non-hydrogen) atoms. The van der Waals surface area contributed by atoms with E-state index in [1.54, 1.807) is 0 Å². The van der Waals surface area contributed by atoms with Crippen LogP contribution in [-0.4, -0.2) is 0 Å². The smallest absolute Gasteiger partial charge is 0.137 e. The van der Waals surface area contributed by atoms with Crippen molar-refractivity contribution in [2.24, 2.45) is 0 Å². The van der Waals surface area contributed by atoms with E-state index >= 15 is 0 Å². The van der Waals surface area contributed by atoms with Gasteiger partial charge in [-0.25, -0.2) is 0 Å². The van der Waals surface area contributed by atoms with E-state index in [1.165, 1.54) is 99.4 Å². The summed E-state index contributed by atoms with van der Waals surface area (Å²) in [5, 5.41) is 10.8. The molecule has 0 saturated carbocycles. The number of furan rings is 3. The van der Waals surface area contributed by atoms with Crippen LogP contribution in [0.15, 0.2) is 353 Å². The first kappa shape index (κ1) is 62.6. The predicted octanol–water partition coefficient (Wildman–Crippen LogP) is 28.0. The molecule has 2 aliphatic carbocycles. The molecule has 0 aliphatic heterocycles. The lowest BCUT2D eigenvalue weighted by Gasteiger charge is -2.35. The maximum atomic E-state index is 7.09. The standard InChI is InChI=1S/C102H74N2O3/c1-99(2,3)67-35-39-73(40-36-67)103(75-43-47-79-83-51-63-23-19-21-25-65(63)53-89(83)101(91(79)55-75,69-27-11-7-12-28-69)70-29-13-8-14-30-70)77-45-49-81-85-59-97-87(61-95(85)105-93(81)57-77)88-62-96-86(60-98(88)107-97)82-50-46-78(58-94(82)106-96)104(74-41-37-68(38-42-74)100(4,5)6)76-44-48-80-84-52-64-24-20-22-26-66(64)54-90(84)102(92(80)56-76,71-31-15-9-16-32-71)72-33-17-10-18-34-72/h7-62H,1-6H3. The highest BCUT2D eigenvalue weighted by Crippen LogP contribution is 2.61. The molecular weight excluding hydrogens is 1300 g/mol. The number of anilines is 6. The molecule has 510 valence electrons. The normalized spacial score (nSPS) is 13.7. The van der Waals surface area contributed by atoms with Crippen LogP contribution >= 0.6 is 0 Å². The molecule has 0 bridgehead atoms. The number of rotatable bonds is 10. The summed E-state index contributed by atoms with van der Waals surface area (Å²) in [6.07, 6.45) is 0. The average Bonchev–Trinajstić information content (AvgIpc) is 1.54. The van der Waals surface area contributed by atoms with Crippen LogP contribution < -0.4 is 9.80 Å². The molecule has 19 aromatic rings. The number of nitrogens with zero attached hydrogens (tertiary/aromatic N) is 2. The summed E-state index contributed by atoms with van der Waals surface area (Å²) in [5.74, 6) is 0. The van der Waals surface area contributed by atoms with Gasteiger partial charge in [-0.3, -0.25) is 0 Å². The molecule has 0 amide bonds. The largest absolute Gasteiger partial charge is 0.456 e. The van der Waals surface area contributed by atoms with Crippen LogP contribution in [0.25, 0.3) is 110 Å². The minimum absolute atomic E-state index is 0.0291. The summed E-state index contributed by atoms with van der Waals surface area (Å²) < 4.78 is 21.1. The van der Waals surface area contributed by atoms with Crippen LogP contribution in [0, 0.1) is 0 Å². The van der Waals surface area contributed by atoms with Gasteiger partial charge in [-0.05, 0) is 232 Å². The Hall–Kier alpha value is -13.0. The zero-order valence-electron chi connectivity index (χ0n) is 60.5. The minimum Gasteiger partial charge on any atom is -0.456 e. The lowest BCUT2D eigenvalue weighted by Crippen LogP contribution is -2.28. The molecule has 3 aromatic heterocycles. The highest BCUT2D eigenvalue weighted by molar-refractivity contribution is 6.19. The maximum Gasteiger partial charge on any atom is 0.137 e. The Labute approximate surface area is 621 Å². The van der Waals surface area contributed by atoms with Gasteiger partial charge >= 0.3 is 0 Å². The second-order valence-corrected chi connectivity index (χ2v) is 31.5. The van der Waals surface area contributed by atoms with Gasteiger partial charge < -0.3 is 23.1 Å². The third-order valence-electron chi connectivity index (χ3n) is 23.4. The van der Waals surface area contributed by atoms with Crippen LogP contribution in [0.1, 0.15) is 97.2 Å². The van der Waals surface area contributed by atoms with Crippen molar-refractivity contribution in [3.8, 4) is 22.3 Å². The monoisotopic (exact) mass is 1370 g/mol. The Morgan fingerprint density at radius 1 is 0.215 bits per heavy atom. The van der Waals surface area contributed by atoms with Crippen LogP contribution in [-0.2, 0) is 21.7 Å². The van der Waals surface area contributed by atoms with E-state index in [0.29, 0.717) is 0 Å². The number of hydrogen-bond donors (Lipinski definition) is 0. The van der Waals surface area contributed by atoms with Gasteiger partial charge in [0.2, 0.25) is 0 Å². The molecular formula is C102H74N2O3. The van der Waals surface area contributed by atoms with E-state index in [9.17, 15) is 0 Å². The van der Waals surface area contributed by atoms with Gasteiger partial charge in [0.15, 0.2) is 0 Å². The van der Waals surface area contributed by atoms with Gasteiger partial charge in [-0.2, -0.15) is 0 Å². The summed E-state index contributed by atoms with van der Waals surface area (Å²) in [5.41, 5.74) is 27.0. The molecule has 0 unspecified atom stereocenters. The number of fused-ring (bicyclic) bond motifs is 17. The Morgan fingerprint density at radius 3 is 0.804 bits per heavy atom. The Balaban J connectivity index is 0.685. The van der Waals surface area contributed by atoms with E-state index in [-0.39, 0.29) is 10.8 Å². The van der Waals surface area contributed by atoms with Crippen molar-refractivity contribution in [3.63, 3.8) is 0 Å². The summed E-state index contributed by atoms with van der Waals surface area (Å²) in [6, 6.07) is 126. The zero-order chi connectivity index (χ0) is 71.7. The van der Waals surface area contributed by atoms with Crippen molar-refractivity contribution in [2.75, 3.05) is 9.80 Å². The van der Waals surface area contributed by atoms with Gasteiger partial charge in [-0.15, -0.1) is 0 Å². The van der Waals surface area contributed by atoms with E-state index in [0.717, 1.165) is 99.9 Å². The molecule has 16 aromatic carbocycles. The Bertz CT molecular complexity index is 6320. The van der Waals surface area contributed by atoms with E-state index in [1.807, 2.05) is 0 Å². The molecule has 0 atom stereocenters. The van der Waals surface area contributed by atoms with Crippen molar-refractivity contribution in [2.45, 2.75) is 63.2 Å². The van der Waals surface area contributed by atoms with E-state index in [2.05, 4.69) is 391 Å². The van der Waals surface area contributed by atoms with Gasteiger partial charge in [-0.1, -0.05) is 248 Å². The van der Waals surface area contributed by atoms with Gasteiger partial charge in [0.1, 0.15) is 33.5 Å². The summed E-state index contributed by atoms with van der Waals surface area (Å²) in [7, 11) is 0. The van der Waals surface area contributed by atoms with Crippen molar-refractivity contribution in [1.82, 2.24) is 0 Å². The lowest BCUT2D eigenvalue weighted by molar-refractivity contribution is 0.590. The fourth-order valence-corrected chi connectivity index (χ4v) is 18.3. The van der Waals surface area contributed by atoms with E-state index < -0.39 is 10.8 Å². The molecule has 0 saturated heterocycles. The van der Waals surface area contributed by atoms with Gasteiger partial charge in [0.25, 0.3) is 0 Å². The fraction of sp³-hybridized carbons (Fsp3) is 0.0980. The molecule has 5 heteroatoms. The first-order valence-corrected chi connectivity index (χ1v) is 37.3. The van der Waals surface area contributed by atoms with Gasteiger partial charge in [0.05, 0.1) is 10.8 Å².